The minimum Gasteiger partial charge on any atom is -0.497 e. The molecule has 2 aromatic rings. The van der Waals surface area contributed by atoms with Crippen LogP contribution in [0.15, 0.2) is 47.5 Å². The molecule has 0 fully saturated rings. The summed E-state index contributed by atoms with van der Waals surface area (Å²) in [5, 5.41) is 13.8. The first kappa shape index (κ1) is 25.0. The fourth-order valence-electron chi connectivity index (χ4n) is 2.71. The summed E-state index contributed by atoms with van der Waals surface area (Å²) < 4.78 is 23.6. The number of benzene rings is 2. The molecule has 0 aliphatic rings. The summed E-state index contributed by atoms with van der Waals surface area (Å²) in [4.78, 5) is 6.47. The second-order valence-electron chi connectivity index (χ2n) is 6.34. The maximum Gasteiger partial charge on any atom is 0.194 e. The van der Waals surface area contributed by atoms with Gasteiger partial charge in [-0.05, 0) is 42.3 Å². The first-order valence-electron chi connectivity index (χ1n) is 9.11. The first-order chi connectivity index (χ1) is 13.5. The second kappa shape index (κ2) is 12.5. The highest BCUT2D eigenvalue weighted by molar-refractivity contribution is 14.0. The summed E-state index contributed by atoms with van der Waals surface area (Å²) in [6.45, 7) is 3.40. The average Bonchev–Trinajstić information content (AvgIpc) is 2.71. The fraction of sp³-hybridized carbons (Fsp3) is 0.381. The minimum atomic E-state index is -0.808. The molecule has 1 atom stereocenters. The molecular weight excluding hydrogens is 488 g/mol. The van der Waals surface area contributed by atoms with Crippen LogP contribution < -0.4 is 14.8 Å². The summed E-state index contributed by atoms with van der Waals surface area (Å²) in [6, 6.07) is 11.6. The van der Waals surface area contributed by atoms with E-state index in [4.69, 9.17) is 9.47 Å². The molecule has 0 aromatic heterocycles. The number of hydrogen-bond donors (Lipinski definition) is 2. The van der Waals surface area contributed by atoms with Gasteiger partial charge in [-0.15, -0.1) is 24.0 Å². The van der Waals surface area contributed by atoms with E-state index in [9.17, 15) is 9.50 Å². The molecule has 0 spiro atoms. The third kappa shape index (κ3) is 7.69. The van der Waals surface area contributed by atoms with Gasteiger partial charge in [0, 0.05) is 26.2 Å². The van der Waals surface area contributed by atoms with E-state index >= 15 is 0 Å². The van der Waals surface area contributed by atoms with Crippen molar-refractivity contribution in [1.82, 2.24) is 10.2 Å². The highest BCUT2D eigenvalue weighted by Gasteiger charge is 2.13. The number of halogens is 2. The van der Waals surface area contributed by atoms with E-state index in [1.54, 1.807) is 44.6 Å². The van der Waals surface area contributed by atoms with Crippen LogP contribution >= 0.6 is 24.0 Å². The third-order valence-corrected chi connectivity index (χ3v) is 4.20. The summed E-state index contributed by atoms with van der Waals surface area (Å²) in [5.41, 5.74) is 1.63. The highest BCUT2D eigenvalue weighted by Crippen LogP contribution is 2.26. The molecule has 6 nitrogen and oxygen atoms in total. The van der Waals surface area contributed by atoms with Gasteiger partial charge in [0.05, 0.1) is 26.9 Å². The van der Waals surface area contributed by atoms with Crippen molar-refractivity contribution in [1.29, 1.82) is 0 Å². The van der Waals surface area contributed by atoms with Gasteiger partial charge in [-0.25, -0.2) is 4.39 Å². The minimum absolute atomic E-state index is 0. The molecule has 1 unspecified atom stereocenters. The van der Waals surface area contributed by atoms with E-state index < -0.39 is 6.10 Å². The monoisotopic (exact) mass is 517 g/mol. The van der Waals surface area contributed by atoms with Gasteiger partial charge < -0.3 is 24.8 Å². The number of ether oxygens (including phenoxy) is 2. The van der Waals surface area contributed by atoms with Crippen LogP contribution in [0.2, 0.25) is 0 Å². The van der Waals surface area contributed by atoms with Crippen molar-refractivity contribution >= 4 is 29.9 Å². The molecule has 0 amide bonds. The van der Waals surface area contributed by atoms with Crippen molar-refractivity contribution in [3.05, 3.63) is 59.4 Å². The number of nitrogens with zero attached hydrogens (tertiary/aromatic N) is 2. The summed E-state index contributed by atoms with van der Waals surface area (Å²) in [5.74, 6) is 1.61. The number of hydrogen-bond acceptors (Lipinski definition) is 4. The molecule has 0 bridgehead atoms. The van der Waals surface area contributed by atoms with E-state index in [0.717, 1.165) is 5.56 Å². The van der Waals surface area contributed by atoms with E-state index in [0.29, 0.717) is 36.1 Å². The van der Waals surface area contributed by atoms with Crippen LogP contribution in [0.3, 0.4) is 0 Å². The Morgan fingerprint density at radius 1 is 1.14 bits per heavy atom. The van der Waals surface area contributed by atoms with Crippen LogP contribution in [0.25, 0.3) is 0 Å². The molecule has 2 aromatic carbocycles. The highest BCUT2D eigenvalue weighted by atomic mass is 127. The van der Waals surface area contributed by atoms with Crippen molar-refractivity contribution in [2.75, 3.05) is 34.4 Å². The van der Waals surface area contributed by atoms with Crippen LogP contribution in [-0.4, -0.2) is 50.3 Å². The lowest BCUT2D eigenvalue weighted by Crippen LogP contribution is -2.38. The van der Waals surface area contributed by atoms with E-state index in [2.05, 4.69) is 10.3 Å². The average molecular weight is 517 g/mol. The smallest absolute Gasteiger partial charge is 0.194 e. The topological polar surface area (TPSA) is 66.3 Å². The second-order valence-corrected chi connectivity index (χ2v) is 6.34. The van der Waals surface area contributed by atoms with Gasteiger partial charge in [0.25, 0.3) is 0 Å². The van der Waals surface area contributed by atoms with Crippen LogP contribution in [0.1, 0.15) is 24.2 Å². The molecule has 0 aliphatic heterocycles. The lowest BCUT2D eigenvalue weighted by atomic mass is 10.1. The van der Waals surface area contributed by atoms with Crippen molar-refractivity contribution < 1.29 is 19.0 Å². The SMILES string of the molecule is CCNC(=NCC(O)c1cc(OC)cc(OC)c1)N(C)Cc1ccc(F)cc1.I. The Labute approximate surface area is 188 Å². The molecule has 2 rings (SSSR count). The number of nitrogens with one attached hydrogen (secondary N) is 1. The summed E-state index contributed by atoms with van der Waals surface area (Å²) in [6.07, 6.45) is -0.808. The number of aliphatic hydroxyl groups excluding tert-OH is 1. The lowest BCUT2D eigenvalue weighted by molar-refractivity contribution is 0.185. The largest absolute Gasteiger partial charge is 0.497 e. The number of rotatable bonds is 8. The summed E-state index contributed by atoms with van der Waals surface area (Å²) >= 11 is 0. The Hall–Kier alpha value is -2.07. The zero-order chi connectivity index (χ0) is 20.5. The Balaban J connectivity index is 0.00000420. The van der Waals surface area contributed by atoms with Gasteiger partial charge in [0.15, 0.2) is 5.96 Å². The van der Waals surface area contributed by atoms with Gasteiger partial charge in [0.2, 0.25) is 0 Å². The molecular formula is C21H29FIN3O3. The zero-order valence-electron chi connectivity index (χ0n) is 17.2. The van der Waals surface area contributed by atoms with E-state index in [-0.39, 0.29) is 36.3 Å². The molecule has 29 heavy (non-hydrogen) atoms. The molecule has 0 saturated carbocycles. The van der Waals surface area contributed by atoms with Gasteiger partial charge in [-0.1, -0.05) is 12.1 Å². The van der Waals surface area contributed by atoms with Crippen molar-refractivity contribution in [3.8, 4) is 11.5 Å². The van der Waals surface area contributed by atoms with Gasteiger partial charge >= 0.3 is 0 Å². The van der Waals surface area contributed by atoms with Crippen molar-refractivity contribution in [2.45, 2.75) is 19.6 Å². The maximum atomic E-state index is 13.1. The maximum absolute atomic E-state index is 13.1. The normalized spacial score (nSPS) is 12.0. The Morgan fingerprint density at radius 2 is 1.72 bits per heavy atom. The van der Waals surface area contributed by atoms with Crippen LogP contribution in [-0.2, 0) is 6.54 Å². The van der Waals surface area contributed by atoms with Crippen LogP contribution in [0, 0.1) is 5.82 Å². The molecule has 0 radical (unpaired) electrons. The van der Waals surface area contributed by atoms with Crippen molar-refractivity contribution in [2.24, 2.45) is 4.99 Å². The Bertz CT molecular complexity index is 765. The fourth-order valence-corrected chi connectivity index (χ4v) is 2.71. The number of aliphatic hydroxyl groups is 1. The lowest BCUT2D eigenvalue weighted by Gasteiger charge is -2.23. The number of guanidine groups is 1. The molecule has 8 heteroatoms. The van der Waals surface area contributed by atoms with E-state index in [1.807, 2.05) is 18.9 Å². The van der Waals surface area contributed by atoms with Crippen LogP contribution in [0.4, 0.5) is 4.39 Å². The van der Waals surface area contributed by atoms with Crippen molar-refractivity contribution in [3.63, 3.8) is 0 Å². The van der Waals surface area contributed by atoms with Gasteiger partial charge in [-0.2, -0.15) is 0 Å². The standard InChI is InChI=1S/C21H28FN3O3.HI/c1-5-23-21(25(2)14-15-6-8-17(22)9-7-15)24-13-20(26)16-10-18(27-3)12-19(11-16)28-4;/h6-12,20,26H,5,13-14H2,1-4H3,(H,23,24);1H. The Kier molecular flexibility index (Phi) is 10.7. The third-order valence-electron chi connectivity index (χ3n) is 4.20. The first-order valence-corrected chi connectivity index (χ1v) is 9.11. The molecule has 0 heterocycles. The quantitative estimate of drug-likeness (QED) is 0.319. The molecule has 0 saturated heterocycles. The predicted molar refractivity (Wildman–Crippen MR) is 124 cm³/mol. The van der Waals surface area contributed by atoms with Gasteiger partial charge in [-0.3, -0.25) is 4.99 Å². The summed E-state index contributed by atoms with van der Waals surface area (Å²) in [7, 11) is 5.03. The predicted octanol–water partition coefficient (Wildman–Crippen LogP) is 3.59. The molecule has 0 aliphatic carbocycles. The molecule has 160 valence electrons. The Morgan fingerprint density at radius 3 is 2.24 bits per heavy atom. The number of aliphatic imine (C=N–C) groups is 1. The number of methoxy groups -OCH3 is 2. The molecule has 2 N–H and O–H groups in total. The van der Waals surface area contributed by atoms with Gasteiger partial charge in [0.1, 0.15) is 17.3 Å². The van der Waals surface area contributed by atoms with E-state index in [1.165, 1.54) is 12.1 Å². The zero-order valence-corrected chi connectivity index (χ0v) is 19.5. The van der Waals surface area contributed by atoms with Crippen LogP contribution in [0.5, 0.6) is 11.5 Å².